The second-order valence-electron chi connectivity index (χ2n) is 9.03. The molecule has 3 rings (SSSR count). The largest absolute Gasteiger partial charge is 0.491 e. The molecule has 0 fully saturated rings. The number of methoxy groups -OCH3 is 1. The van der Waals surface area contributed by atoms with Crippen LogP contribution in [-0.2, 0) is 4.74 Å². The highest BCUT2D eigenvalue weighted by atomic mass is 16.5. The third kappa shape index (κ3) is 5.87. The van der Waals surface area contributed by atoms with Crippen molar-refractivity contribution in [3.8, 4) is 5.75 Å². The van der Waals surface area contributed by atoms with Crippen molar-refractivity contribution in [3.63, 3.8) is 0 Å². The molecule has 2 aromatic rings. The van der Waals surface area contributed by atoms with E-state index >= 15 is 0 Å². The summed E-state index contributed by atoms with van der Waals surface area (Å²) >= 11 is 0. The summed E-state index contributed by atoms with van der Waals surface area (Å²) in [6, 6.07) is 4.68. The fourth-order valence-electron chi connectivity index (χ4n) is 3.97. The monoisotopic (exact) mass is 473 g/mol. The zero-order valence-electron chi connectivity index (χ0n) is 21.0. The fourth-order valence-corrected chi connectivity index (χ4v) is 3.97. The number of nitrogens with one attached hydrogen (secondary N) is 2. The van der Waals surface area contributed by atoms with Gasteiger partial charge in [-0.3, -0.25) is 9.69 Å². The molecule has 0 saturated heterocycles. The molecule has 0 saturated carbocycles. The van der Waals surface area contributed by atoms with Crippen LogP contribution in [0.5, 0.6) is 5.75 Å². The maximum atomic E-state index is 13.2. The summed E-state index contributed by atoms with van der Waals surface area (Å²) < 4.78 is 16.9. The van der Waals surface area contributed by atoms with Crippen LogP contribution in [0.3, 0.4) is 0 Å². The van der Waals surface area contributed by atoms with E-state index in [9.17, 15) is 9.59 Å². The Morgan fingerprint density at radius 3 is 2.56 bits per heavy atom. The van der Waals surface area contributed by atoms with Gasteiger partial charge in [0.05, 0.1) is 11.7 Å². The second kappa shape index (κ2) is 10.9. The number of likely N-dealkylation sites (N-methyl/N-ethyl adjacent to an activating group) is 2. The summed E-state index contributed by atoms with van der Waals surface area (Å²) in [5, 5.41) is 9.36. The number of carbonyl (C=O) groups is 2. The van der Waals surface area contributed by atoms with E-state index in [0.29, 0.717) is 47.3 Å². The van der Waals surface area contributed by atoms with Crippen LogP contribution in [-0.4, -0.2) is 79.9 Å². The predicted octanol–water partition coefficient (Wildman–Crippen LogP) is 3.37. The molecule has 3 atom stereocenters. The first-order valence-corrected chi connectivity index (χ1v) is 11.4. The number of nitrogens with zero attached hydrogens (tertiary/aromatic N) is 3. The molecule has 2 heterocycles. The molecular weight excluding hydrogens is 438 g/mol. The highest BCUT2D eigenvalue weighted by Crippen LogP contribution is 2.27. The summed E-state index contributed by atoms with van der Waals surface area (Å²) in [6.07, 6.45) is -0.0960. The molecule has 10 heteroatoms. The third-order valence-electron chi connectivity index (χ3n) is 6.29. The number of hydrogen-bond donors (Lipinski definition) is 2. The minimum atomic E-state index is -0.448. The van der Waals surface area contributed by atoms with E-state index in [1.54, 1.807) is 51.1 Å². The van der Waals surface area contributed by atoms with Gasteiger partial charge in [0.2, 0.25) is 0 Å². The van der Waals surface area contributed by atoms with E-state index in [2.05, 4.69) is 41.6 Å². The second-order valence-corrected chi connectivity index (χ2v) is 9.03. The number of fused-ring (bicyclic) bond motifs is 1. The molecule has 1 aliphatic heterocycles. The van der Waals surface area contributed by atoms with Crippen molar-refractivity contribution in [2.75, 3.05) is 51.5 Å². The van der Waals surface area contributed by atoms with Crippen LogP contribution in [0.25, 0.3) is 0 Å². The first kappa shape index (κ1) is 25.5. The lowest BCUT2D eigenvalue weighted by Gasteiger charge is -2.34. The van der Waals surface area contributed by atoms with Gasteiger partial charge in [-0.2, -0.15) is 0 Å². The van der Waals surface area contributed by atoms with Crippen molar-refractivity contribution in [2.24, 2.45) is 5.92 Å². The van der Waals surface area contributed by atoms with Crippen molar-refractivity contribution in [2.45, 2.75) is 39.8 Å². The molecule has 0 bridgehead atoms. The lowest BCUT2D eigenvalue weighted by molar-refractivity contribution is 0.0150. The number of hydrogen-bond acceptors (Lipinski definition) is 7. The number of aryl methyl sites for hydroxylation is 2. The Kier molecular flexibility index (Phi) is 8.16. The lowest BCUT2D eigenvalue weighted by atomic mass is 10.0. The van der Waals surface area contributed by atoms with Crippen LogP contribution in [0.1, 0.15) is 35.7 Å². The number of amides is 3. The Morgan fingerprint density at radius 2 is 1.91 bits per heavy atom. The summed E-state index contributed by atoms with van der Waals surface area (Å²) in [5.74, 6) is 0.991. The highest BCUT2D eigenvalue weighted by molar-refractivity contribution is 6.02. The number of aromatic nitrogens is 1. The topological polar surface area (TPSA) is 109 Å². The van der Waals surface area contributed by atoms with Gasteiger partial charge in [0.25, 0.3) is 5.91 Å². The van der Waals surface area contributed by atoms with Crippen molar-refractivity contribution in [1.82, 2.24) is 15.0 Å². The minimum absolute atomic E-state index is 0.0960. The molecule has 1 aliphatic rings. The molecule has 186 valence electrons. The molecule has 34 heavy (non-hydrogen) atoms. The molecule has 2 N–H and O–H groups in total. The maximum Gasteiger partial charge on any atom is 0.323 e. The van der Waals surface area contributed by atoms with Crippen LogP contribution in [0, 0.1) is 19.8 Å². The number of urea groups is 1. The van der Waals surface area contributed by atoms with Gasteiger partial charge >= 0.3 is 6.03 Å². The number of rotatable bonds is 3. The van der Waals surface area contributed by atoms with Crippen molar-refractivity contribution in [3.05, 3.63) is 35.2 Å². The molecule has 1 aromatic heterocycles. The highest BCUT2D eigenvalue weighted by Gasteiger charge is 2.27. The van der Waals surface area contributed by atoms with Gasteiger partial charge in [-0.05, 0) is 45.9 Å². The number of ether oxygens (including phenoxy) is 2. The number of benzene rings is 1. The van der Waals surface area contributed by atoms with Crippen molar-refractivity contribution >= 4 is 23.3 Å². The van der Waals surface area contributed by atoms with Crippen molar-refractivity contribution < 1.29 is 23.6 Å². The standard InChI is InChI=1S/C24H35N5O5/c1-14-11-28(5)15(2)13-33-20-10-18(25-24(31)26-22-16(3)27-34-17(22)4)8-9-19(20)23(30)29(6)12-21(14)32-7/h8-10,14-15,21H,11-13H2,1-7H3,(H2,25,26,31)/t14-,15-,21+/m1/s1. The summed E-state index contributed by atoms with van der Waals surface area (Å²) in [6.45, 7) is 9.32. The van der Waals surface area contributed by atoms with Crippen LogP contribution in [0.15, 0.2) is 22.7 Å². The zero-order chi connectivity index (χ0) is 25.0. The fraction of sp³-hybridized carbons (Fsp3) is 0.542. The summed E-state index contributed by atoms with van der Waals surface area (Å²) in [5.41, 5.74) is 2.03. The molecule has 0 aliphatic carbocycles. The van der Waals surface area contributed by atoms with Gasteiger partial charge in [0, 0.05) is 45.0 Å². The van der Waals surface area contributed by atoms with Gasteiger partial charge in [0.15, 0.2) is 5.76 Å². The maximum absolute atomic E-state index is 13.2. The Balaban J connectivity index is 1.85. The number of anilines is 2. The SMILES string of the molecule is CO[C@H]1CN(C)C(=O)c2ccc(NC(=O)Nc3c(C)noc3C)cc2OC[C@@H](C)N(C)C[C@H]1C. The van der Waals surface area contributed by atoms with Crippen LogP contribution >= 0.6 is 0 Å². The van der Waals surface area contributed by atoms with Gasteiger partial charge in [0.1, 0.15) is 23.7 Å². The van der Waals surface area contributed by atoms with Gasteiger partial charge in [-0.25, -0.2) is 4.79 Å². The molecule has 3 amide bonds. The van der Waals surface area contributed by atoms with E-state index in [4.69, 9.17) is 14.0 Å². The Labute approximate surface area is 200 Å². The van der Waals surface area contributed by atoms with Crippen LogP contribution in [0.4, 0.5) is 16.2 Å². The van der Waals surface area contributed by atoms with Gasteiger partial charge < -0.3 is 29.5 Å². The Hall–Kier alpha value is -3.11. The van der Waals surface area contributed by atoms with E-state index in [-0.39, 0.29) is 24.0 Å². The molecule has 0 unspecified atom stereocenters. The minimum Gasteiger partial charge on any atom is -0.491 e. The van der Waals surface area contributed by atoms with Gasteiger partial charge in [-0.15, -0.1) is 0 Å². The zero-order valence-corrected chi connectivity index (χ0v) is 21.0. The summed E-state index contributed by atoms with van der Waals surface area (Å²) in [7, 11) is 5.49. The smallest absolute Gasteiger partial charge is 0.323 e. The lowest BCUT2D eigenvalue weighted by Crippen LogP contribution is -2.45. The van der Waals surface area contributed by atoms with E-state index in [1.807, 2.05) is 0 Å². The molecule has 1 aromatic carbocycles. The quantitative estimate of drug-likeness (QED) is 0.703. The number of carbonyl (C=O) groups excluding carboxylic acids is 2. The average Bonchev–Trinajstić information content (AvgIpc) is 3.11. The van der Waals surface area contributed by atoms with Crippen LogP contribution in [0.2, 0.25) is 0 Å². The van der Waals surface area contributed by atoms with E-state index in [0.717, 1.165) is 6.54 Å². The average molecular weight is 474 g/mol. The predicted molar refractivity (Wildman–Crippen MR) is 130 cm³/mol. The Morgan fingerprint density at radius 1 is 1.18 bits per heavy atom. The molecule has 0 radical (unpaired) electrons. The van der Waals surface area contributed by atoms with Crippen LogP contribution < -0.4 is 15.4 Å². The van der Waals surface area contributed by atoms with Crippen molar-refractivity contribution in [1.29, 1.82) is 0 Å². The third-order valence-corrected chi connectivity index (χ3v) is 6.29. The Bertz CT molecular complexity index is 1000. The van der Waals surface area contributed by atoms with E-state index < -0.39 is 6.03 Å². The summed E-state index contributed by atoms with van der Waals surface area (Å²) in [4.78, 5) is 29.7. The first-order valence-electron chi connectivity index (χ1n) is 11.4. The van der Waals surface area contributed by atoms with Gasteiger partial charge in [-0.1, -0.05) is 12.1 Å². The molecular formula is C24H35N5O5. The van der Waals surface area contributed by atoms with E-state index in [1.165, 1.54) is 0 Å². The molecule has 10 nitrogen and oxygen atoms in total. The normalized spacial score (nSPS) is 22.3. The first-order chi connectivity index (χ1) is 16.1. The molecule has 0 spiro atoms.